The summed E-state index contributed by atoms with van der Waals surface area (Å²) in [6.07, 6.45) is -0.0403. The molecule has 2 aromatic heterocycles. The quantitative estimate of drug-likeness (QED) is 0.478. The monoisotopic (exact) mass is 453 g/mol. The van der Waals surface area contributed by atoms with Crippen LogP contribution in [0.2, 0.25) is 0 Å². The van der Waals surface area contributed by atoms with Crippen LogP contribution in [0, 0.1) is 0 Å². The molecule has 1 atom stereocenters. The number of hydrogen-bond acceptors (Lipinski definition) is 5. The van der Waals surface area contributed by atoms with Crippen molar-refractivity contribution in [2.45, 2.75) is 31.5 Å². The molecule has 5 rings (SSSR count). The minimum Gasteiger partial charge on any atom is -0.394 e. The highest BCUT2D eigenvalue weighted by molar-refractivity contribution is 5.90. The van der Waals surface area contributed by atoms with Crippen molar-refractivity contribution in [1.29, 1.82) is 0 Å². The Labute approximate surface area is 188 Å². The zero-order valence-electron chi connectivity index (χ0n) is 17.7. The first-order valence-corrected chi connectivity index (χ1v) is 10.8. The lowest BCUT2D eigenvalue weighted by atomic mass is 10.0. The fourth-order valence-electron chi connectivity index (χ4n) is 4.30. The molecule has 33 heavy (non-hydrogen) atoms. The zero-order chi connectivity index (χ0) is 23.0. The van der Waals surface area contributed by atoms with Crippen molar-refractivity contribution in [1.82, 2.24) is 19.7 Å². The van der Waals surface area contributed by atoms with E-state index in [1.807, 2.05) is 35.2 Å². The van der Waals surface area contributed by atoms with Crippen LogP contribution in [0.15, 0.2) is 60.8 Å². The predicted octanol–water partition coefficient (Wildman–Crippen LogP) is 4.85. The molecule has 0 amide bonds. The van der Waals surface area contributed by atoms with Gasteiger partial charge in [-0.25, -0.2) is 14.6 Å². The third kappa shape index (κ3) is 4.04. The Kier molecular flexibility index (Phi) is 5.49. The van der Waals surface area contributed by atoms with Crippen LogP contribution >= 0.6 is 0 Å². The van der Waals surface area contributed by atoms with Crippen LogP contribution in [0.1, 0.15) is 24.8 Å². The Balaban J connectivity index is 1.73. The largest absolute Gasteiger partial charge is 0.416 e. The summed E-state index contributed by atoms with van der Waals surface area (Å²) in [7, 11) is 0. The van der Waals surface area contributed by atoms with Gasteiger partial charge in [-0.05, 0) is 43.5 Å². The average molecular weight is 453 g/mol. The normalized spacial score (nSPS) is 17.0. The van der Waals surface area contributed by atoms with Gasteiger partial charge >= 0.3 is 6.18 Å². The second-order valence-corrected chi connectivity index (χ2v) is 8.10. The molecule has 170 valence electrons. The summed E-state index contributed by atoms with van der Waals surface area (Å²) >= 11 is 0. The Morgan fingerprint density at radius 3 is 2.58 bits per heavy atom. The van der Waals surface area contributed by atoms with E-state index in [1.54, 1.807) is 16.9 Å². The van der Waals surface area contributed by atoms with Gasteiger partial charge in [0.2, 0.25) is 0 Å². The average Bonchev–Trinajstić information content (AvgIpc) is 3.27. The van der Waals surface area contributed by atoms with Crippen molar-refractivity contribution in [2.75, 3.05) is 18.1 Å². The Morgan fingerprint density at radius 2 is 1.82 bits per heavy atom. The van der Waals surface area contributed by atoms with Gasteiger partial charge in [-0.2, -0.15) is 18.3 Å². The summed E-state index contributed by atoms with van der Waals surface area (Å²) in [4.78, 5) is 11.4. The number of halogens is 3. The Bertz CT molecular complexity index is 1270. The molecule has 0 bridgehead atoms. The van der Waals surface area contributed by atoms with Crippen LogP contribution in [0.5, 0.6) is 0 Å². The molecular weight excluding hydrogens is 431 g/mol. The van der Waals surface area contributed by atoms with Crippen molar-refractivity contribution in [2.24, 2.45) is 0 Å². The van der Waals surface area contributed by atoms with Crippen LogP contribution in [0.4, 0.5) is 19.0 Å². The maximum atomic E-state index is 13.3. The molecule has 9 heteroatoms. The van der Waals surface area contributed by atoms with Crippen LogP contribution in [0.3, 0.4) is 0 Å². The molecule has 0 unspecified atom stereocenters. The topological polar surface area (TPSA) is 67.1 Å². The van der Waals surface area contributed by atoms with Crippen LogP contribution in [-0.4, -0.2) is 44.0 Å². The molecule has 0 radical (unpaired) electrons. The van der Waals surface area contributed by atoms with E-state index in [-0.39, 0.29) is 24.0 Å². The van der Waals surface area contributed by atoms with Crippen molar-refractivity contribution in [3.8, 4) is 17.1 Å². The lowest BCUT2D eigenvalue weighted by Gasteiger charge is -2.36. The van der Waals surface area contributed by atoms with Gasteiger partial charge < -0.3 is 10.0 Å². The number of piperidine rings is 1. The van der Waals surface area contributed by atoms with Crippen molar-refractivity contribution >= 4 is 16.9 Å². The van der Waals surface area contributed by atoms with E-state index >= 15 is 0 Å². The Hall–Kier alpha value is -3.46. The third-order valence-electron chi connectivity index (χ3n) is 5.97. The van der Waals surface area contributed by atoms with E-state index in [0.29, 0.717) is 23.4 Å². The molecule has 1 fully saturated rings. The lowest BCUT2D eigenvalue weighted by Crippen LogP contribution is -2.42. The highest BCUT2D eigenvalue weighted by Gasteiger charge is 2.31. The highest BCUT2D eigenvalue weighted by atomic mass is 19.4. The molecule has 1 aliphatic rings. The maximum Gasteiger partial charge on any atom is 0.416 e. The number of aromatic nitrogens is 4. The number of aliphatic hydroxyl groups is 1. The van der Waals surface area contributed by atoms with Gasteiger partial charge in [0.25, 0.3) is 0 Å². The first-order valence-electron chi connectivity index (χ1n) is 10.8. The molecule has 1 aliphatic heterocycles. The zero-order valence-corrected chi connectivity index (χ0v) is 17.7. The third-order valence-corrected chi connectivity index (χ3v) is 5.97. The summed E-state index contributed by atoms with van der Waals surface area (Å²) in [5, 5.41) is 15.2. The number of hydrogen-bond donors (Lipinski definition) is 1. The minimum absolute atomic E-state index is 0.0305. The molecule has 1 N–H and O–H groups in total. The smallest absolute Gasteiger partial charge is 0.394 e. The summed E-state index contributed by atoms with van der Waals surface area (Å²) < 4.78 is 41.7. The number of rotatable bonds is 4. The van der Waals surface area contributed by atoms with Gasteiger partial charge in [-0.3, -0.25) is 0 Å². The summed E-state index contributed by atoms with van der Waals surface area (Å²) in [6.45, 7) is 0.660. The summed E-state index contributed by atoms with van der Waals surface area (Å²) in [6, 6.07) is 14.3. The highest BCUT2D eigenvalue weighted by Crippen LogP contribution is 2.35. The summed E-state index contributed by atoms with van der Waals surface area (Å²) in [5.41, 5.74) is 0.796. The van der Waals surface area contributed by atoms with Gasteiger partial charge in [0.15, 0.2) is 11.5 Å². The van der Waals surface area contributed by atoms with Crippen molar-refractivity contribution in [3.63, 3.8) is 0 Å². The van der Waals surface area contributed by atoms with Gasteiger partial charge in [0.05, 0.1) is 35.5 Å². The van der Waals surface area contributed by atoms with E-state index in [1.165, 1.54) is 6.07 Å². The lowest BCUT2D eigenvalue weighted by molar-refractivity contribution is -0.137. The maximum absolute atomic E-state index is 13.3. The van der Waals surface area contributed by atoms with E-state index in [0.717, 1.165) is 37.1 Å². The van der Waals surface area contributed by atoms with Crippen LogP contribution < -0.4 is 4.90 Å². The molecule has 1 saturated heterocycles. The molecule has 0 spiro atoms. The predicted molar refractivity (Wildman–Crippen MR) is 119 cm³/mol. The molecule has 0 saturated carbocycles. The van der Waals surface area contributed by atoms with Crippen LogP contribution in [-0.2, 0) is 6.18 Å². The van der Waals surface area contributed by atoms with Crippen molar-refractivity contribution < 1.29 is 18.3 Å². The minimum atomic E-state index is -4.47. The standard InChI is InChI=1S/C24H22F3N5O/c25-24(26,27)17-8-6-7-16(13-17)21-29-22(31-12-5-4-11-19(31)15-33)20-14-28-32(23(20)30-21)18-9-2-1-3-10-18/h1-3,6-10,13-14,19,33H,4-5,11-12,15H2/t19-/m0/s1. The fourth-order valence-corrected chi connectivity index (χ4v) is 4.30. The van der Waals surface area contributed by atoms with E-state index in [4.69, 9.17) is 4.98 Å². The fraction of sp³-hybridized carbons (Fsp3) is 0.292. The van der Waals surface area contributed by atoms with Gasteiger partial charge in [0.1, 0.15) is 5.82 Å². The molecule has 6 nitrogen and oxygen atoms in total. The number of benzene rings is 2. The number of nitrogens with zero attached hydrogens (tertiary/aromatic N) is 5. The second-order valence-electron chi connectivity index (χ2n) is 8.10. The molecule has 2 aromatic carbocycles. The number of para-hydroxylation sites is 1. The Morgan fingerprint density at radius 1 is 1.00 bits per heavy atom. The van der Waals surface area contributed by atoms with Gasteiger partial charge in [-0.1, -0.05) is 30.3 Å². The SMILES string of the molecule is OC[C@@H]1CCCCN1c1nc(-c2cccc(C(F)(F)F)c2)nc2c1cnn2-c1ccccc1. The van der Waals surface area contributed by atoms with Gasteiger partial charge in [-0.15, -0.1) is 0 Å². The van der Waals surface area contributed by atoms with Crippen LogP contribution in [0.25, 0.3) is 28.1 Å². The molecular formula is C24H22F3N5O. The summed E-state index contributed by atoms with van der Waals surface area (Å²) in [5.74, 6) is 0.761. The molecule has 4 aromatic rings. The first-order chi connectivity index (χ1) is 16.0. The number of alkyl halides is 3. The number of aliphatic hydroxyl groups excluding tert-OH is 1. The van der Waals surface area contributed by atoms with E-state index < -0.39 is 11.7 Å². The number of anilines is 1. The van der Waals surface area contributed by atoms with Crippen molar-refractivity contribution in [3.05, 3.63) is 66.4 Å². The van der Waals surface area contributed by atoms with E-state index in [9.17, 15) is 18.3 Å². The first kappa shape index (κ1) is 21.4. The van der Waals surface area contributed by atoms with E-state index in [2.05, 4.69) is 10.1 Å². The second kappa shape index (κ2) is 8.47. The molecule has 3 heterocycles. The van der Waals surface area contributed by atoms with Gasteiger partial charge in [0, 0.05) is 12.1 Å². The molecule has 0 aliphatic carbocycles. The number of fused-ring (bicyclic) bond motifs is 1.